The lowest BCUT2D eigenvalue weighted by Gasteiger charge is -2.16. The van der Waals surface area contributed by atoms with E-state index in [0.29, 0.717) is 37.3 Å². The minimum atomic E-state index is -0.359. The summed E-state index contributed by atoms with van der Waals surface area (Å²) in [6.07, 6.45) is 1.29. The number of hydrogen-bond acceptors (Lipinski definition) is 4. The molecule has 0 radical (unpaired) electrons. The second kappa shape index (κ2) is 4.91. The summed E-state index contributed by atoms with van der Waals surface area (Å²) in [5.41, 5.74) is 12.8. The quantitative estimate of drug-likeness (QED) is 0.769. The van der Waals surface area contributed by atoms with E-state index in [2.05, 4.69) is 5.10 Å². The van der Waals surface area contributed by atoms with Crippen molar-refractivity contribution in [3.05, 3.63) is 11.4 Å². The number of carbonyl (C=O) groups is 2. The molecule has 0 spiro atoms. The summed E-state index contributed by atoms with van der Waals surface area (Å²) >= 11 is 0. The third-order valence-corrected chi connectivity index (χ3v) is 3.58. The molecule has 7 heteroatoms. The van der Waals surface area contributed by atoms with E-state index in [4.69, 9.17) is 11.5 Å². The summed E-state index contributed by atoms with van der Waals surface area (Å²) in [7, 11) is 1.70. The highest BCUT2D eigenvalue weighted by atomic mass is 16.2. The van der Waals surface area contributed by atoms with E-state index in [0.717, 1.165) is 5.69 Å². The Morgan fingerprint density at radius 1 is 1.47 bits per heavy atom. The predicted molar refractivity (Wildman–Crippen MR) is 70.2 cm³/mol. The molecule has 1 aliphatic heterocycles. The van der Waals surface area contributed by atoms with Crippen molar-refractivity contribution in [1.29, 1.82) is 0 Å². The topological polar surface area (TPSA) is 107 Å². The molecule has 0 aromatic carbocycles. The van der Waals surface area contributed by atoms with Crippen LogP contribution in [-0.2, 0) is 18.3 Å². The zero-order valence-electron chi connectivity index (χ0n) is 11.2. The summed E-state index contributed by atoms with van der Waals surface area (Å²) in [5, 5.41) is 4.23. The van der Waals surface area contributed by atoms with E-state index < -0.39 is 0 Å². The number of likely N-dealkylation sites (tertiary alicyclic amines) is 1. The molecule has 104 valence electrons. The standard InChI is InChI=1S/C12H19N5O2/c1-3-8-9(13)10(16(2)15-8)12(19)17-5-4-7(6-17)11(14)18/h7H,3-6,13H2,1-2H3,(H2,14,18). The Labute approximate surface area is 111 Å². The molecule has 1 aromatic rings. The first-order valence-electron chi connectivity index (χ1n) is 6.35. The molecule has 1 aromatic heterocycles. The van der Waals surface area contributed by atoms with Crippen LogP contribution in [0.15, 0.2) is 0 Å². The van der Waals surface area contributed by atoms with Gasteiger partial charge in [0.2, 0.25) is 5.91 Å². The average Bonchev–Trinajstić information content (AvgIpc) is 2.94. The first-order chi connectivity index (χ1) is 8.95. The number of nitrogens with zero attached hydrogens (tertiary/aromatic N) is 3. The van der Waals surface area contributed by atoms with Crippen LogP contribution >= 0.6 is 0 Å². The predicted octanol–water partition coefficient (Wildman–Crippen LogP) is -0.488. The summed E-state index contributed by atoms with van der Waals surface area (Å²) in [6, 6.07) is 0. The summed E-state index contributed by atoms with van der Waals surface area (Å²) in [5.74, 6) is -0.803. The smallest absolute Gasteiger partial charge is 0.274 e. The van der Waals surface area contributed by atoms with Crippen LogP contribution in [0.25, 0.3) is 0 Å². The van der Waals surface area contributed by atoms with Gasteiger partial charge in [0.15, 0.2) is 0 Å². The van der Waals surface area contributed by atoms with Crippen molar-refractivity contribution in [3.8, 4) is 0 Å². The molecule has 1 saturated heterocycles. The highest BCUT2D eigenvalue weighted by Gasteiger charge is 2.32. The Bertz CT molecular complexity index is 522. The fraction of sp³-hybridized carbons (Fsp3) is 0.583. The molecular formula is C12H19N5O2. The Balaban J connectivity index is 2.22. The number of aromatic nitrogens is 2. The number of nitrogens with two attached hydrogens (primary N) is 2. The molecule has 1 fully saturated rings. The molecule has 2 rings (SSSR count). The van der Waals surface area contributed by atoms with Crippen molar-refractivity contribution in [2.24, 2.45) is 18.7 Å². The second-order valence-corrected chi connectivity index (χ2v) is 4.83. The first-order valence-corrected chi connectivity index (χ1v) is 6.35. The van der Waals surface area contributed by atoms with Gasteiger partial charge in [-0.1, -0.05) is 6.92 Å². The van der Waals surface area contributed by atoms with Crippen molar-refractivity contribution in [2.75, 3.05) is 18.8 Å². The number of hydrogen-bond donors (Lipinski definition) is 2. The molecule has 0 saturated carbocycles. The van der Waals surface area contributed by atoms with E-state index in [-0.39, 0.29) is 17.7 Å². The Morgan fingerprint density at radius 3 is 2.63 bits per heavy atom. The van der Waals surface area contributed by atoms with Gasteiger partial charge in [-0.15, -0.1) is 0 Å². The van der Waals surface area contributed by atoms with Crippen molar-refractivity contribution < 1.29 is 9.59 Å². The number of carbonyl (C=O) groups excluding carboxylic acids is 2. The van der Waals surface area contributed by atoms with Crippen LogP contribution in [0.3, 0.4) is 0 Å². The maximum absolute atomic E-state index is 12.4. The lowest BCUT2D eigenvalue weighted by atomic mass is 10.1. The fourth-order valence-corrected chi connectivity index (χ4v) is 2.44. The SMILES string of the molecule is CCc1nn(C)c(C(=O)N2CCC(C(N)=O)C2)c1N. The van der Waals surface area contributed by atoms with Gasteiger partial charge < -0.3 is 16.4 Å². The molecule has 1 aliphatic rings. The first kappa shape index (κ1) is 13.4. The number of amides is 2. The maximum Gasteiger partial charge on any atom is 0.274 e. The molecule has 7 nitrogen and oxygen atoms in total. The minimum absolute atomic E-state index is 0.184. The van der Waals surface area contributed by atoms with Gasteiger partial charge >= 0.3 is 0 Å². The van der Waals surface area contributed by atoms with Crippen LogP contribution in [0.2, 0.25) is 0 Å². The third-order valence-electron chi connectivity index (χ3n) is 3.58. The molecular weight excluding hydrogens is 246 g/mol. The molecule has 2 heterocycles. The Morgan fingerprint density at radius 2 is 2.16 bits per heavy atom. The van der Waals surface area contributed by atoms with Crippen molar-refractivity contribution in [1.82, 2.24) is 14.7 Å². The summed E-state index contributed by atoms with van der Waals surface area (Å²) in [6.45, 7) is 2.82. The second-order valence-electron chi connectivity index (χ2n) is 4.83. The molecule has 1 unspecified atom stereocenters. The van der Waals surface area contributed by atoms with Gasteiger partial charge in [-0.3, -0.25) is 14.3 Å². The van der Waals surface area contributed by atoms with Gasteiger partial charge in [0, 0.05) is 20.1 Å². The third kappa shape index (κ3) is 2.27. The molecule has 4 N–H and O–H groups in total. The maximum atomic E-state index is 12.4. The molecule has 0 bridgehead atoms. The van der Waals surface area contributed by atoms with E-state index >= 15 is 0 Å². The van der Waals surface area contributed by atoms with Gasteiger partial charge in [-0.25, -0.2) is 0 Å². The lowest BCUT2D eigenvalue weighted by molar-refractivity contribution is -0.121. The van der Waals surface area contributed by atoms with Gasteiger partial charge in [-0.2, -0.15) is 5.10 Å². The van der Waals surface area contributed by atoms with Gasteiger partial charge in [0.05, 0.1) is 17.3 Å². The highest BCUT2D eigenvalue weighted by Crippen LogP contribution is 2.23. The highest BCUT2D eigenvalue weighted by molar-refractivity contribution is 5.98. The minimum Gasteiger partial charge on any atom is -0.395 e. The van der Waals surface area contributed by atoms with Gasteiger partial charge in [0.25, 0.3) is 5.91 Å². The molecule has 1 atom stereocenters. The zero-order chi connectivity index (χ0) is 14.2. The van der Waals surface area contributed by atoms with Gasteiger partial charge in [0.1, 0.15) is 5.69 Å². The molecule has 0 aliphatic carbocycles. The zero-order valence-corrected chi connectivity index (χ0v) is 11.2. The average molecular weight is 265 g/mol. The van der Waals surface area contributed by atoms with E-state index in [1.165, 1.54) is 4.68 Å². The Kier molecular flexibility index (Phi) is 3.46. The van der Waals surface area contributed by atoms with Crippen LogP contribution in [0.4, 0.5) is 5.69 Å². The van der Waals surface area contributed by atoms with Crippen LogP contribution in [0, 0.1) is 5.92 Å². The molecule has 19 heavy (non-hydrogen) atoms. The number of aryl methyl sites for hydroxylation is 2. The lowest BCUT2D eigenvalue weighted by Crippen LogP contribution is -2.33. The normalized spacial score (nSPS) is 18.8. The Hall–Kier alpha value is -2.05. The number of primary amides is 1. The van der Waals surface area contributed by atoms with Crippen molar-refractivity contribution in [3.63, 3.8) is 0 Å². The molecule has 2 amide bonds. The van der Waals surface area contributed by atoms with Gasteiger partial charge in [-0.05, 0) is 12.8 Å². The summed E-state index contributed by atoms with van der Waals surface area (Å²) < 4.78 is 1.51. The number of nitrogen functional groups attached to an aromatic ring is 1. The van der Waals surface area contributed by atoms with E-state index in [1.54, 1.807) is 11.9 Å². The monoisotopic (exact) mass is 265 g/mol. The van der Waals surface area contributed by atoms with Crippen molar-refractivity contribution >= 4 is 17.5 Å². The van der Waals surface area contributed by atoms with Crippen molar-refractivity contribution in [2.45, 2.75) is 19.8 Å². The van der Waals surface area contributed by atoms with Crippen LogP contribution in [0.1, 0.15) is 29.5 Å². The van der Waals surface area contributed by atoms with Crippen LogP contribution < -0.4 is 11.5 Å². The number of anilines is 1. The van der Waals surface area contributed by atoms with Crippen LogP contribution in [-0.4, -0.2) is 39.6 Å². The largest absolute Gasteiger partial charge is 0.395 e. The summed E-state index contributed by atoms with van der Waals surface area (Å²) in [4.78, 5) is 25.2. The van der Waals surface area contributed by atoms with E-state index in [1.807, 2.05) is 6.92 Å². The fourth-order valence-electron chi connectivity index (χ4n) is 2.44. The number of rotatable bonds is 3. The van der Waals surface area contributed by atoms with Crippen LogP contribution in [0.5, 0.6) is 0 Å². The van der Waals surface area contributed by atoms with E-state index in [9.17, 15) is 9.59 Å².